The highest BCUT2D eigenvalue weighted by Crippen LogP contribution is 2.06. The molecule has 0 spiro atoms. The van der Waals surface area contributed by atoms with Gasteiger partial charge in [0.15, 0.2) is 4.77 Å². The maximum Gasteiger partial charge on any atom is 0.251 e. The zero-order valence-electron chi connectivity index (χ0n) is 9.64. The predicted molar refractivity (Wildman–Crippen MR) is 70.8 cm³/mol. The first kappa shape index (κ1) is 11.8. The average Bonchev–Trinajstić information content (AvgIpc) is 2.34. The Morgan fingerprint density at radius 3 is 2.41 bits per heavy atom. The van der Waals surface area contributed by atoms with Gasteiger partial charge in [-0.15, -0.1) is 0 Å². The van der Waals surface area contributed by atoms with Gasteiger partial charge in [-0.1, -0.05) is 31.2 Å². The summed E-state index contributed by atoms with van der Waals surface area (Å²) in [6.45, 7) is 2.81. The summed E-state index contributed by atoms with van der Waals surface area (Å²) in [5.41, 5.74) is 2.33. The van der Waals surface area contributed by atoms with E-state index in [4.69, 9.17) is 12.2 Å². The molecule has 0 aliphatic rings. The molecule has 0 amide bonds. The van der Waals surface area contributed by atoms with Gasteiger partial charge in [0.1, 0.15) is 0 Å². The molecule has 0 fully saturated rings. The van der Waals surface area contributed by atoms with Crippen molar-refractivity contribution in [3.8, 4) is 0 Å². The number of aromatic nitrogens is 2. The number of benzene rings is 1. The molecule has 0 atom stereocenters. The Hall–Kier alpha value is -1.68. The molecule has 1 heterocycles. The third-order valence-electron chi connectivity index (χ3n) is 2.68. The quantitative estimate of drug-likeness (QED) is 0.845. The molecule has 1 aromatic carbocycles. The van der Waals surface area contributed by atoms with E-state index in [1.165, 1.54) is 17.2 Å². The number of hydrogen-bond acceptors (Lipinski definition) is 2. The molecule has 17 heavy (non-hydrogen) atoms. The van der Waals surface area contributed by atoms with Crippen LogP contribution >= 0.6 is 12.2 Å². The van der Waals surface area contributed by atoms with Gasteiger partial charge in [-0.2, -0.15) is 0 Å². The highest BCUT2D eigenvalue weighted by atomic mass is 32.1. The van der Waals surface area contributed by atoms with E-state index in [-0.39, 0.29) is 5.56 Å². The van der Waals surface area contributed by atoms with E-state index in [9.17, 15) is 4.79 Å². The molecule has 1 aromatic heterocycles. The summed E-state index contributed by atoms with van der Waals surface area (Å²) < 4.78 is 2.30. The molecule has 0 aliphatic heterocycles. The van der Waals surface area contributed by atoms with Crippen LogP contribution in [0.3, 0.4) is 0 Å². The van der Waals surface area contributed by atoms with E-state index in [0.717, 1.165) is 6.42 Å². The second-order valence-corrected chi connectivity index (χ2v) is 4.29. The van der Waals surface area contributed by atoms with Gasteiger partial charge < -0.3 is 4.57 Å². The summed E-state index contributed by atoms with van der Waals surface area (Å²) in [4.78, 5) is 13.6. The van der Waals surface area contributed by atoms with Crippen LogP contribution in [0.1, 0.15) is 18.1 Å². The van der Waals surface area contributed by atoms with E-state index in [1.807, 2.05) is 4.57 Å². The molecule has 0 saturated carbocycles. The lowest BCUT2D eigenvalue weighted by Gasteiger charge is -2.06. The molecule has 0 aliphatic carbocycles. The van der Waals surface area contributed by atoms with Gasteiger partial charge in [0, 0.05) is 18.8 Å². The number of aromatic amines is 1. The molecule has 0 bridgehead atoms. The van der Waals surface area contributed by atoms with Crippen molar-refractivity contribution >= 4 is 12.2 Å². The van der Waals surface area contributed by atoms with Crippen LogP contribution in [-0.4, -0.2) is 9.55 Å². The number of hydrogen-bond donors (Lipinski definition) is 1. The zero-order valence-corrected chi connectivity index (χ0v) is 10.5. The molecular formula is C13H14N2OS. The predicted octanol–water partition coefficient (Wildman–Crippen LogP) is 2.52. The Kier molecular flexibility index (Phi) is 3.54. The number of nitrogens with one attached hydrogen (secondary N) is 1. The monoisotopic (exact) mass is 246 g/mol. The summed E-state index contributed by atoms with van der Waals surface area (Å²) in [6.07, 6.45) is 2.76. The number of nitrogens with zero attached hydrogens (tertiary/aromatic N) is 1. The first-order valence-electron chi connectivity index (χ1n) is 5.56. The normalized spacial score (nSPS) is 10.4. The van der Waals surface area contributed by atoms with Crippen LogP contribution < -0.4 is 5.56 Å². The molecule has 2 rings (SSSR count). The number of H-pyrrole nitrogens is 1. The Morgan fingerprint density at radius 2 is 1.82 bits per heavy atom. The van der Waals surface area contributed by atoms with Gasteiger partial charge in [0.25, 0.3) is 5.56 Å². The van der Waals surface area contributed by atoms with Crippen LogP contribution in [-0.2, 0) is 13.0 Å². The largest absolute Gasteiger partial charge is 0.321 e. The minimum absolute atomic E-state index is 0.160. The standard InChI is InChI=1S/C13H14N2OS/c1-2-10-3-5-11(6-4-10)9-15-8-7-12(16)14-13(15)17/h3-8H,2,9H2,1H3,(H,14,16,17). The lowest BCUT2D eigenvalue weighted by atomic mass is 10.1. The molecule has 0 unspecified atom stereocenters. The molecule has 88 valence electrons. The molecule has 2 aromatic rings. The van der Waals surface area contributed by atoms with Crippen LogP contribution in [0.25, 0.3) is 0 Å². The maximum absolute atomic E-state index is 11.0. The molecule has 0 saturated heterocycles. The van der Waals surface area contributed by atoms with E-state index in [0.29, 0.717) is 11.3 Å². The molecule has 0 radical (unpaired) electrons. The van der Waals surface area contributed by atoms with Gasteiger partial charge in [0.05, 0.1) is 0 Å². The average molecular weight is 246 g/mol. The zero-order chi connectivity index (χ0) is 12.3. The summed E-state index contributed by atoms with van der Waals surface area (Å²) in [5, 5.41) is 0. The van der Waals surface area contributed by atoms with Gasteiger partial charge in [-0.25, -0.2) is 0 Å². The topological polar surface area (TPSA) is 37.8 Å². The van der Waals surface area contributed by atoms with Crippen LogP contribution in [0.15, 0.2) is 41.3 Å². The first-order valence-corrected chi connectivity index (χ1v) is 5.97. The third kappa shape index (κ3) is 2.91. The van der Waals surface area contributed by atoms with Crippen molar-refractivity contribution in [2.45, 2.75) is 19.9 Å². The maximum atomic E-state index is 11.0. The highest BCUT2D eigenvalue weighted by molar-refractivity contribution is 7.71. The lowest BCUT2D eigenvalue weighted by molar-refractivity contribution is 0.745. The molecule has 4 heteroatoms. The fraction of sp³-hybridized carbons (Fsp3) is 0.231. The van der Waals surface area contributed by atoms with Crippen molar-refractivity contribution in [1.82, 2.24) is 9.55 Å². The van der Waals surface area contributed by atoms with Crippen molar-refractivity contribution in [3.05, 3.63) is 62.8 Å². The Morgan fingerprint density at radius 1 is 1.18 bits per heavy atom. The smallest absolute Gasteiger partial charge is 0.251 e. The minimum Gasteiger partial charge on any atom is -0.321 e. The summed E-state index contributed by atoms with van der Waals surface area (Å²) in [5.74, 6) is 0. The van der Waals surface area contributed by atoms with Gasteiger partial charge in [-0.05, 0) is 29.8 Å². The second kappa shape index (κ2) is 5.10. The SMILES string of the molecule is CCc1ccc(Cn2ccc(=O)[nH]c2=S)cc1. The molecule has 3 nitrogen and oxygen atoms in total. The lowest BCUT2D eigenvalue weighted by Crippen LogP contribution is -2.11. The minimum atomic E-state index is -0.160. The van der Waals surface area contributed by atoms with E-state index in [2.05, 4.69) is 36.2 Å². The fourth-order valence-corrected chi connectivity index (χ4v) is 1.87. The van der Waals surface area contributed by atoms with Gasteiger partial charge in [0.2, 0.25) is 0 Å². The Bertz CT molecular complexity index is 610. The molecule has 1 N–H and O–H groups in total. The van der Waals surface area contributed by atoms with Crippen molar-refractivity contribution in [3.63, 3.8) is 0 Å². The van der Waals surface area contributed by atoms with Crippen LogP contribution in [0.2, 0.25) is 0 Å². The van der Waals surface area contributed by atoms with E-state index < -0.39 is 0 Å². The third-order valence-corrected chi connectivity index (χ3v) is 3.02. The van der Waals surface area contributed by atoms with Crippen LogP contribution in [0.4, 0.5) is 0 Å². The van der Waals surface area contributed by atoms with Crippen LogP contribution in [0.5, 0.6) is 0 Å². The fourth-order valence-electron chi connectivity index (χ4n) is 1.65. The Labute approximate surface area is 105 Å². The molecular weight excluding hydrogens is 232 g/mol. The van der Waals surface area contributed by atoms with Gasteiger partial charge in [-0.3, -0.25) is 9.78 Å². The first-order chi connectivity index (χ1) is 8.19. The summed E-state index contributed by atoms with van der Waals surface area (Å²) in [7, 11) is 0. The van der Waals surface area contributed by atoms with Gasteiger partial charge >= 0.3 is 0 Å². The number of aryl methyl sites for hydroxylation is 1. The Balaban J connectivity index is 2.25. The van der Waals surface area contributed by atoms with E-state index >= 15 is 0 Å². The number of rotatable bonds is 3. The summed E-state index contributed by atoms with van der Waals surface area (Å²) >= 11 is 5.09. The van der Waals surface area contributed by atoms with Crippen LogP contribution in [0, 0.1) is 4.77 Å². The summed E-state index contributed by atoms with van der Waals surface area (Å²) in [6, 6.07) is 9.89. The van der Waals surface area contributed by atoms with E-state index in [1.54, 1.807) is 6.20 Å². The van der Waals surface area contributed by atoms with Crippen molar-refractivity contribution in [1.29, 1.82) is 0 Å². The van der Waals surface area contributed by atoms with Crippen molar-refractivity contribution in [2.75, 3.05) is 0 Å². The highest BCUT2D eigenvalue weighted by Gasteiger charge is 1.96. The van der Waals surface area contributed by atoms with Crippen molar-refractivity contribution < 1.29 is 0 Å². The van der Waals surface area contributed by atoms with Crippen molar-refractivity contribution in [2.24, 2.45) is 0 Å². The second-order valence-electron chi connectivity index (χ2n) is 3.91.